The Morgan fingerprint density at radius 1 is 1.24 bits per heavy atom. The second-order valence-electron chi connectivity index (χ2n) is 6.50. The molecule has 0 aliphatic rings. The van der Waals surface area contributed by atoms with E-state index in [2.05, 4.69) is 10.6 Å². The number of carbonyl (C=O) groups excluding carboxylic acids is 2. The number of amides is 2. The number of alkyl carbamates (subject to hydrolysis) is 1. The van der Waals surface area contributed by atoms with Gasteiger partial charge in [-0.2, -0.15) is 0 Å². The van der Waals surface area contributed by atoms with E-state index >= 15 is 0 Å². The van der Waals surface area contributed by atoms with Crippen LogP contribution in [-0.2, 0) is 14.3 Å². The van der Waals surface area contributed by atoms with Crippen molar-refractivity contribution >= 4 is 35.2 Å². The Bertz CT molecular complexity index is 617. The number of nitrogens with one attached hydrogen (secondary N) is 2. The third-order valence-electron chi connectivity index (χ3n) is 3.18. The highest BCUT2D eigenvalue weighted by molar-refractivity contribution is 6.35. The van der Waals surface area contributed by atoms with Gasteiger partial charge in [-0.15, -0.1) is 0 Å². The van der Waals surface area contributed by atoms with Gasteiger partial charge in [0.25, 0.3) is 0 Å². The minimum Gasteiger partial charge on any atom is -0.444 e. The van der Waals surface area contributed by atoms with Crippen LogP contribution < -0.4 is 10.6 Å². The molecule has 2 amide bonds. The lowest BCUT2D eigenvalue weighted by atomic mass is 10.1. The molecule has 0 aliphatic heterocycles. The molecular weight excluding hydrogens is 367 g/mol. The molecule has 8 heteroatoms. The number of benzene rings is 1. The largest absolute Gasteiger partial charge is 0.444 e. The summed E-state index contributed by atoms with van der Waals surface area (Å²) < 4.78 is 10.5. The van der Waals surface area contributed by atoms with Gasteiger partial charge in [-0.1, -0.05) is 29.3 Å². The smallest absolute Gasteiger partial charge is 0.408 e. The van der Waals surface area contributed by atoms with E-state index in [1.165, 1.54) is 7.11 Å². The lowest BCUT2D eigenvalue weighted by molar-refractivity contribution is -0.123. The van der Waals surface area contributed by atoms with E-state index in [1.54, 1.807) is 45.9 Å². The van der Waals surface area contributed by atoms with Gasteiger partial charge in [0, 0.05) is 29.3 Å². The maximum atomic E-state index is 12.1. The van der Waals surface area contributed by atoms with Crippen LogP contribution in [0.1, 0.15) is 39.4 Å². The Morgan fingerprint density at radius 2 is 1.88 bits per heavy atom. The SMILES string of the molecule is COC(CNC(=O)C(C)NC(=O)OC(C)(C)C)c1ccc(Cl)cc1Cl. The summed E-state index contributed by atoms with van der Waals surface area (Å²) in [6, 6.07) is 4.29. The number of hydrogen-bond acceptors (Lipinski definition) is 4. The minimum absolute atomic E-state index is 0.191. The molecule has 0 aromatic heterocycles. The Morgan fingerprint density at radius 3 is 2.40 bits per heavy atom. The monoisotopic (exact) mass is 390 g/mol. The molecule has 2 unspecified atom stereocenters. The molecule has 0 aliphatic carbocycles. The van der Waals surface area contributed by atoms with Crippen molar-refractivity contribution in [3.05, 3.63) is 33.8 Å². The highest BCUT2D eigenvalue weighted by Gasteiger charge is 2.22. The van der Waals surface area contributed by atoms with Crippen molar-refractivity contribution < 1.29 is 19.1 Å². The molecule has 0 saturated heterocycles. The second-order valence-corrected chi connectivity index (χ2v) is 7.35. The van der Waals surface area contributed by atoms with Gasteiger partial charge >= 0.3 is 6.09 Å². The summed E-state index contributed by atoms with van der Waals surface area (Å²) in [6.45, 7) is 7.00. The molecule has 140 valence electrons. The third kappa shape index (κ3) is 7.50. The van der Waals surface area contributed by atoms with Crippen LogP contribution in [0.2, 0.25) is 10.0 Å². The standard InChI is InChI=1S/C17H24Cl2N2O4/c1-10(21-16(23)25-17(2,3)4)15(22)20-9-14(24-5)12-7-6-11(18)8-13(12)19/h6-8,10,14H,9H2,1-5H3,(H,20,22)(H,21,23). The summed E-state index contributed by atoms with van der Waals surface area (Å²) in [4.78, 5) is 23.8. The maximum Gasteiger partial charge on any atom is 0.408 e. The Balaban J connectivity index is 2.59. The first-order valence-corrected chi connectivity index (χ1v) is 8.54. The van der Waals surface area contributed by atoms with Crippen molar-refractivity contribution in [2.45, 2.75) is 45.4 Å². The fraction of sp³-hybridized carbons (Fsp3) is 0.529. The van der Waals surface area contributed by atoms with Gasteiger partial charge < -0.3 is 20.1 Å². The molecule has 0 spiro atoms. The van der Waals surface area contributed by atoms with Gasteiger partial charge in [0.15, 0.2) is 0 Å². The molecular formula is C17H24Cl2N2O4. The zero-order valence-electron chi connectivity index (χ0n) is 15.0. The molecule has 2 atom stereocenters. The predicted octanol–water partition coefficient (Wildman–Crippen LogP) is 3.71. The van der Waals surface area contributed by atoms with Crippen LogP contribution in [0.3, 0.4) is 0 Å². The van der Waals surface area contributed by atoms with Crippen molar-refractivity contribution in [1.29, 1.82) is 0 Å². The quantitative estimate of drug-likeness (QED) is 0.775. The Hall–Kier alpha value is -1.50. The summed E-state index contributed by atoms with van der Waals surface area (Å²) >= 11 is 12.0. The van der Waals surface area contributed by atoms with Gasteiger partial charge in [0.05, 0.1) is 0 Å². The van der Waals surface area contributed by atoms with Crippen molar-refractivity contribution in [3.8, 4) is 0 Å². The van der Waals surface area contributed by atoms with Crippen molar-refractivity contribution in [2.24, 2.45) is 0 Å². The van der Waals surface area contributed by atoms with E-state index in [4.69, 9.17) is 32.7 Å². The first kappa shape index (κ1) is 21.5. The number of methoxy groups -OCH3 is 1. The number of ether oxygens (including phenoxy) is 2. The fourth-order valence-corrected chi connectivity index (χ4v) is 2.51. The van der Waals surface area contributed by atoms with E-state index in [1.807, 2.05) is 0 Å². The molecule has 0 radical (unpaired) electrons. The van der Waals surface area contributed by atoms with Gasteiger partial charge in [-0.3, -0.25) is 4.79 Å². The molecule has 2 N–H and O–H groups in total. The number of hydrogen-bond donors (Lipinski definition) is 2. The van der Waals surface area contributed by atoms with Crippen LogP contribution in [0.25, 0.3) is 0 Å². The Labute approximate surface area is 158 Å². The molecule has 1 aromatic carbocycles. The molecule has 25 heavy (non-hydrogen) atoms. The van der Waals surface area contributed by atoms with Gasteiger partial charge in [-0.25, -0.2) is 4.79 Å². The summed E-state index contributed by atoms with van der Waals surface area (Å²) in [7, 11) is 1.52. The van der Waals surface area contributed by atoms with Gasteiger partial charge in [0.2, 0.25) is 5.91 Å². The van der Waals surface area contributed by atoms with Crippen molar-refractivity contribution in [2.75, 3.05) is 13.7 Å². The average molecular weight is 391 g/mol. The number of carbonyl (C=O) groups is 2. The zero-order valence-corrected chi connectivity index (χ0v) is 16.5. The summed E-state index contributed by atoms with van der Waals surface area (Å²) in [5.41, 5.74) is 0.0776. The number of halogens is 2. The highest BCUT2D eigenvalue weighted by Crippen LogP contribution is 2.27. The molecule has 1 aromatic rings. The van der Waals surface area contributed by atoms with E-state index in [0.717, 1.165) is 0 Å². The van der Waals surface area contributed by atoms with Crippen LogP contribution in [0, 0.1) is 0 Å². The van der Waals surface area contributed by atoms with Crippen LogP contribution in [-0.4, -0.2) is 37.3 Å². The molecule has 0 fully saturated rings. The van der Waals surface area contributed by atoms with Gasteiger partial charge in [-0.05, 0) is 39.8 Å². The Kier molecular flexibility index (Phi) is 7.99. The molecule has 0 heterocycles. The van der Waals surface area contributed by atoms with E-state index < -0.39 is 23.8 Å². The summed E-state index contributed by atoms with van der Waals surface area (Å²) in [6.07, 6.45) is -1.10. The summed E-state index contributed by atoms with van der Waals surface area (Å²) in [5, 5.41) is 6.16. The fourth-order valence-electron chi connectivity index (χ4n) is 1.98. The van der Waals surface area contributed by atoms with E-state index in [-0.39, 0.29) is 12.5 Å². The average Bonchev–Trinajstić information content (AvgIpc) is 2.47. The van der Waals surface area contributed by atoms with Crippen LogP contribution in [0.5, 0.6) is 0 Å². The normalized spacial score (nSPS) is 13.7. The minimum atomic E-state index is -0.756. The predicted molar refractivity (Wildman–Crippen MR) is 98.1 cm³/mol. The van der Waals surface area contributed by atoms with Crippen LogP contribution >= 0.6 is 23.2 Å². The molecule has 0 bridgehead atoms. The molecule has 0 saturated carbocycles. The first-order valence-electron chi connectivity index (χ1n) is 7.78. The lowest BCUT2D eigenvalue weighted by Crippen LogP contribution is -2.47. The zero-order chi connectivity index (χ0) is 19.2. The topological polar surface area (TPSA) is 76.7 Å². The van der Waals surface area contributed by atoms with Crippen molar-refractivity contribution in [3.63, 3.8) is 0 Å². The first-order chi connectivity index (χ1) is 11.5. The number of rotatable bonds is 6. The highest BCUT2D eigenvalue weighted by atomic mass is 35.5. The summed E-state index contributed by atoms with van der Waals surface area (Å²) in [5.74, 6) is -0.363. The molecule has 6 nitrogen and oxygen atoms in total. The van der Waals surface area contributed by atoms with E-state index in [0.29, 0.717) is 15.6 Å². The van der Waals surface area contributed by atoms with Crippen LogP contribution in [0.4, 0.5) is 4.79 Å². The second kappa shape index (κ2) is 9.27. The van der Waals surface area contributed by atoms with Crippen molar-refractivity contribution in [1.82, 2.24) is 10.6 Å². The molecule has 1 rings (SSSR count). The maximum absolute atomic E-state index is 12.1. The van der Waals surface area contributed by atoms with Crippen LogP contribution in [0.15, 0.2) is 18.2 Å². The third-order valence-corrected chi connectivity index (χ3v) is 3.74. The lowest BCUT2D eigenvalue weighted by Gasteiger charge is -2.22. The van der Waals surface area contributed by atoms with Gasteiger partial charge in [0.1, 0.15) is 17.7 Å². The van der Waals surface area contributed by atoms with E-state index in [9.17, 15) is 9.59 Å².